The van der Waals surface area contributed by atoms with E-state index < -0.39 is 11.9 Å². The molecular weight excluding hydrogens is 320 g/mol. The van der Waals surface area contributed by atoms with Gasteiger partial charge in [0, 0.05) is 6.61 Å². The molecule has 2 unspecified atom stereocenters. The van der Waals surface area contributed by atoms with Gasteiger partial charge in [0.05, 0.1) is 11.1 Å². The summed E-state index contributed by atoms with van der Waals surface area (Å²) in [7, 11) is 0. The number of hydrogen-bond acceptors (Lipinski definition) is 3. The molecule has 2 rings (SSSR count). The number of carboxylic acids is 2. The third kappa shape index (κ3) is 6.77. The summed E-state index contributed by atoms with van der Waals surface area (Å²) in [6, 6.07) is 15.9. The summed E-state index contributed by atoms with van der Waals surface area (Å²) in [5.41, 5.74) is 0.984. The van der Waals surface area contributed by atoms with Crippen molar-refractivity contribution < 1.29 is 24.9 Å². The number of carboxylic acid groups (broad SMARTS) is 2. The van der Waals surface area contributed by atoms with Crippen LogP contribution in [0.5, 0.6) is 0 Å². The Balaban J connectivity index is 0.000000251. The van der Waals surface area contributed by atoms with E-state index in [1.165, 1.54) is 29.8 Å². The van der Waals surface area contributed by atoms with Gasteiger partial charge in [-0.15, -0.1) is 0 Å². The Morgan fingerprint density at radius 2 is 1.28 bits per heavy atom. The fourth-order valence-corrected chi connectivity index (χ4v) is 2.45. The minimum atomic E-state index is -1.23. The monoisotopic (exact) mass is 344 g/mol. The Labute approximate surface area is 147 Å². The van der Waals surface area contributed by atoms with Gasteiger partial charge in [-0.25, -0.2) is 9.59 Å². The van der Waals surface area contributed by atoms with Crippen LogP contribution < -0.4 is 0 Å². The smallest absolute Gasteiger partial charge is 0.336 e. The van der Waals surface area contributed by atoms with Crippen LogP contribution in [0, 0.1) is 5.92 Å². The van der Waals surface area contributed by atoms with Gasteiger partial charge < -0.3 is 15.3 Å². The second-order valence-corrected chi connectivity index (χ2v) is 5.99. The molecule has 2 aromatic rings. The molecule has 0 aromatic heterocycles. The first kappa shape index (κ1) is 20.4. The highest BCUT2D eigenvalue weighted by Crippen LogP contribution is 2.22. The van der Waals surface area contributed by atoms with E-state index in [9.17, 15) is 9.59 Å². The molecule has 0 aliphatic heterocycles. The average Bonchev–Trinajstić information content (AvgIpc) is 2.62. The summed E-state index contributed by atoms with van der Waals surface area (Å²) >= 11 is 0. The predicted octanol–water partition coefficient (Wildman–Crippen LogP) is 3.89. The van der Waals surface area contributed by atoms with E-state index in [4.69, 9.17) is 15.3 Å². The van der Waals surface area contributed by atoms with Crippen LogP contribution in [-0.4, -0.2) is 33.9 Å². The zero-order valence-corrected chi connectivity index (χ0v) is 14.4. The maximum absolute atomic E-state index is 10.5. The molecule has 0 aliphatic carbocycles. The number of aliphatic hydroxyl groups is 1. The lowest BCUT2D eigenvalue weighted by molar-refractivity contribution is 0.0651. The predicted molar refractivity (Wildman–Crippen MR) is 96.1 cm³/mol. The number of carbonyl (C=O) groups is 2. The van der Waals surface area contributed by atoms with Gasteiger partial charge >= 0.3 is 11.9 Å². The van der Waals surface area contributed by atoms with Crippen molar-refractivity contribution in [2.45, 2.75) is 26.2 Å². The summed E-state index contributed by atoms with van der Waals surface area (Å²) in [6.45, 7) is 4.58. The minimum absolute atomic E-state index is 0.190. The van der Waals surface area contributed by atoms with Crippen molar-refractivity contribution >= 4 is 11.9 Å². The van der Waals surface area contributed by atoms with E-state index in [2.05, 4.69) is 38.1 Å². The third-order valence-electron chi connectivity index (χ3n) is 3.82. The number of aromatic carboxylic acids is 2. The average molecular weight is 344 g/mol. The topological polar surface area (TPSA) is 94.8 Å². The lowest BCUT2D eigenvalue weighted by Gasteiger charge is -2.15. The van der Waals surface area contributed by atoms with E-state index in [1.807, 2.05) is 6.07 Å². The minimum Gasteiger partial charge on any atom is -0.478 e. The first-order valence-electron chi connectivity index (χ1n) is 8.08. The summed E-state index contributed by atoms with van der Waals surface area (Å²) in [4.78, 5) is 20.9. The molecule has 5 nitrogen and oxygen atoms in total. The molecule has 134 valence electrons. The molecule has 0 bridgehead atoms. The van der Waals surface area contributed by atoms with Gasteiger partial charge in [0.15, 0.2) is 0 Å². The van der Waals surface area contributed by atoms with Crippen LogP contribution in [0.2, 0.25) is 0 Å². The largest absolute Gasteiger partial charge is 0.478 e. The Hall–Kier alpha value is -2.66. The van der Waals surface area contributed by atoms with Gasteiger partial charge in [-0.05, 0) is 36.0 Å². The fourth-order valence-electron chi connectivity index (χ4n) is 2.45. The number of hydrogen-bond donors (Lipinski definition) is 3. The molecular formula is C20H24O5. The molecule has 0 saturated heterocycles. The van der Waals surface area contributed by atoms with Gasteiger partial charge in [0.1, 0.15) is 0 Å². The highest BCUT2D eigenvalue weighted by atomic mass is 16.4. The number of rotatable bonds is 6. The molecule has 5 heteroatoms. The Morgan fingerprint density at radius 3 is 1.68 bits per heavy atom. The summed E-state index contributed by atoms with van der Waals surface area (Å²) in [5.74, 6) is -1.51. The SMILES string of the molecule is CC(CO)CC(C)c1ccccc1.O=C(O)c1ccccc1C(=O)O. The van der Waals surface area contributed by atoms with Crippen LogP contribution in [0.15, 0.2) is 54.6 Å². The molecule has 0 heterocycles. The maximum Gasteiger partial charge on any atom is 0.336 e. The third-order valence-corrected chi connectivity index (χ3v) is 3.82. The lowest BCUT2D eigenvalue weighted by Crippen LogP contribution is -2.06. The van der Waals surface area contributed by atoms with Crippen LogP contribution in [0.25, 0.3) is 0 Å². The summed E-state index contributed by atoms with van der Waals surface area (Å²) in [6.07, 6.45) is 1.06. The van der Waals surface area contributed by atoms with Gasteiger partial charge in [0.2, 0.25) is 0 Å². The second-order valence-electron chi connectivity index (χ2n) is 5.99. The Morgan fingerprint density at radius 1 is 0.840 bits per heavy atom. The van der Waals surface area contributed by atoms with Gasteiger partial charge in [0.25, 0.3) is 0 Å². The van der Waals surface area contributed by atoms with Gasteiger partial charge in [-0.3, -0.25) is 0 Å². The van der Waals surface area contributed by atoms with Gasteiger partial charge in [-0.2, -0.15) is 0 Å². The maximum atomic E-state index is 10.5. The normalized spacial score (nSPS) is 12.4. The van der Waals surface area contributed by atoms with Crippen LogP contribution in [-0.2, 0) is 0 Å². The first-order chi connectivity index (χ1) is 11.9. The highest BCUT2D eigenvalue weighted by molar-refractivity contribution is 6.01. The van der Waals surface area contributed by atoms with Crippen molar-refractivity contribution in [3.63, 3.8) is 0 Å². The van der Waals surface area contributed by atoms with Crippen LogP contribution in [0.1, 0.15) is 52.5 Å². The Bertz CT molecular complexity index is 648. The van der Waals surface area contributed by atoms with E-state index in [0.29, 0.717) is 11.8 Å². The van der Waals surface area contributed by atoms with E-state index >= 15 is 0 Å². The molecule has 0 spiro atoms. The van der Waals surface area contributed by atoms with Crippen LogP contribution in [0.4, 0.5) is 0 Å². The summed E-state index contributed by atoms with van der Waals surface area (Å²) < 4.78 is 0. The van der Waals surface area contributed by atoms with Crippen molar-refractivity contribution in [1.29, 1.82) is 0 Å². The molecule has 25 heavy (non-hydrogen) atoms. The first-order valence-corrected chi connectivity index (χ1v) is 8.08. The quantitative estimate of drug-likeness (QED) is 0.739. The van der Waals surface area contributed by atoms with Crippen LogP contribution in [0.3, 0.4) is 0 Å². The molecule has 2 atom stereocenters. The van der Waals surface area contributed by atoms with E-state index in [1.54, 1.807) is 0 Å². The fraction of sp³-hybridized carbons (Fsp3) is 0.300. The molecule has 0 saturated carbocycles. The number of aliphatic hydroxyl groups excluding tert-OH is 1. The van der Waals surface area contributed by atoms with Crippen molar-refractivity contribution in [2.24, 2.45) is 5.92 Å². The standard InChI is InChI=1S/C12H18O.C8H6O4/c1-10(9-13)8-11(2)12-6-4-3-5-7-12;9-7(10)5-3-1-2-4-6(5)8(11)12/h3-7,10-11,13H,8-9H2,1-2H3;1-4H,(H,9,10)(H,11,12). The molecule has 3 N–H and O–H groups in total. The van der Waals surface area contributed by atoms with Gasteiger partial charge in [-0.1, -0.05) is 56.3 Å². The van der Waals surface area contributed by atoms with Crippen molar-refractivity contribution in [2.75, 3.05) is 6.61 Å². The van der Waals surface area contributed by atoms with E-state index in [-0.39, 0.29) is 17.7 Å². The second kappa shape index (κ2) is 10.3. The zero-order valence-electron chi connectivity index (χ0n) is 14.4. The zero-order chi connectivity index (χ0) is 18.8. The van der Waals surface area contributed by atoms with Crippen molar-refractivity contribution in [1.82, 2.24) is 0 Å². The summed E-state index contributed by atoms with van der Waals surface area (Å²) in [5, 5.41) is 26.0. The molecule has 2 aromatic carbocycles. The van der Waals surface area contributed by atoms with Crippen molar-refractivity contribution in [3.05, 3.63) is 71.3 Å². The highest BCUT2D eigenvalue weighted by Gasteiger charge is 2.13. The van der Waals surface area contributed by atoms with Crippen LogP contribution >= 0.6 is 0 Å². The molecule has 0 radical (unpaired) electrons. The van der Waals surface area contributed by atoms with E-state index in [0.717, 1.165) is 6.42 Å². The molecule has 0 fully saturated rings. The lowest BCUT2D eigenvalue weighted by atomic mass is 9.92. The number of benzene rings is 2. The Kier molecular flexibility index (Phi) is 8.36. The van der Waals surface area contributed by atoms with Crippen molar-refractivity contribution in [3.8, 4) is 0 Å². The molecule has 0 aliphatic rings. The molecule has 0 amide bonds.